The van der Waals surface area contributed by atoms with Crippen molar-refractivity contribution in [2.45, 2.75) is 37.6 Å². The van der Waals surface area contributed by atoms with E-state index in [1.165, 1.54) is 18.4 Å². The van der Waals surface area contributed by atoms with E-state index in [0.717, 1.165) is 30.2 Å². The lowest BCUT2D eigenvalue weighted by Gasteiger charge is -2.34. The Bertz CT molecular complexity index is 1520. The Morgan fingerprint density at radius 2 is 2.03 bits per heavy atom. The van der Waals surface area contributed by atoms with Gasteiger partial charge < -0.3 is 20.5 Å². The molecule has 0 radical (unpaired) electrons. The number of nitrogens with one attached hydrogen (secondary N) is 1. The number of piperidine rings is 1. The number of primary amides is 1. The van der Waals surface area contributed by atoms with Crippen molar-refractivity contribution in [2.24, 2.45) is 12.8 Å². The van der Waals surface area contributed by atoms with Crippen LogP contribution in [-0.2, 0) is 7.05 Å². The minimum atomic E-state index is -0.662. The van der Waals surface area contributed by atoms with E-state index < -0.39 is 5.91 Å². The molecule has 6 rings (SSSR count). The highest BCUT2D eigenvalue weighted by Crippen LogP contribution is 2.40. The Labute approximate surface area is 207 Å². The summed E-state index contributed by atoms with van der Waals surface area (Å²) in [6, 6.07) is 8.31. The van der Waals surface area contributed by atoms with Gasteiger partial charge in [-0.2, -0.15) is 5.10 Å². The van der Waals surface area contributed by atoms with Crippen molar-refractivity contribution in [3.8, 4) is 0 Å². The third kappa shape index (κ3) is 4.19. The summed E-state index contributed by atoms with van der Waals surface area (Å²) in [6.45, 7) is 1.39. The number of benzene rings is 1. The number of anilines is 3. The van der Waals surface area contributed by atoms with Gasteiger partial charge in [0.15, 0.2) is 11.5 Å². The number of nitrogens with two attached hydrogens (primary N) is 1. The molecule has 36 heavy (non-hydrogen) atoms. The minimum absolute atomic E-state index is 0.00566. The van der Waals surface area contributed by atoms with Gasteiger partial charge in [0.05, 0.1) is 24.1 Å². The van der Waals surface area contributed by atoms with Gasteiger partial charge in [0.2, 0.25) is 0 Å². The minimum Gasteiger partial charge on any atom is -0.364 e. The van der Waals surface area contributed by atoms with E-state index >= 15 is 0 Å². The molecule has 184 valence electrons. The van der Waals surface area contributed by atoms with Crippen LogP contribution in [0.15, 0.2) is 53.8 Å². The fourth-order valence-electron chi connectivity index (χ4n) is 5.05. The lowest BCUT2D eigenvalue weighted by atomic mass is 10.0. The van der Waals surface area contributed by atoms with Crippen LogP contribution >= 0.6 is 0 Å². The molecule has 10 heteroatoms. The third-order valence-corrected chi connectivity index (χ3v) is 7.08. The summed E-state index contributed by atoms with van der Waals surface area (Å²) in [5.41, 5.74) is 7.64. The van der Waals surface area contributed by atoms with Gasteiger partial charge in [0.1, 0.15) is 5.82 Å². The summed E-state index contributed by atoms with van der Waals surface area (Å²) in [7, 11) is 1.80. The SMILES string of the molecule is Cn1cc(Nc2nc(N3CCC[C@@H](n4ccc5cc(C6CC6)ccc5c4=O)C3)cnc2C(N)=O)cn1. The number of carbonyl (C=O) groups is 1. The molecule has 4 heterocycles. The van der Waals surface area contributed by atoms with Gasteiger partial charge in [-0.3, -0.25) is 14.3 Å². The van der Waals surface area contributed by atoms with Crippen LogP contribution in [0.25, 0.3) is 10.8 Å². The van der Waals surface area contributed by atoms with Crippen molar-refractivity contribution in [2.75, 3.05) is 23.3 Å². The van der Waals surface area contributed by atoms with E-state index in [2.05, 4.69) is 43.5 Å². The molecular weight excluding hydrogens is 456 g/mol. The van der Waals surface area contributed by atoms with Crippen molar-refractivity contribution in [1.82, 2.24) is 24.3 Å². The molecule has 4 aromatic rings. The Morgan fingerprint density at radius 1 is 1.17 bits per heavy atom. The first kappa shape index (κ1) is 22.3. The fourth-order valence-corrected chi connectivity index (χ4v) is 5.05. The maximum atomic E-state index is 13.4. The zero-order chi connectivity index (χ0) is 24.8. The van der Waals surface area contributed by atoms with Gasteiger partial charge in [-0.25, -0.2) is 9.97 Å². The van der Waals surface area contributed by atoms with Gasteiger partial charge in [0.25, 0.3) is 11.5 Å². The molecule has 1 amide bonds. The second-order valence-electron chi connectivity index (χ2n) is 9.71. The molecule has 1 aromatic carbocycles. The van der Waals surface area contributed by atoms with Crippen LogP contribution in [0.4, 0.5) is 17.3 Å². The average molecular weight is 485 g/mol. The first-order chi connectivity index (χ1) is 17.5. The molecule has 1 saturated heterocycles. The van der Waals surface area contributed by atoms with E-state index in [0.29, 0.717) is 24.0 Å². The zero-order valence-electron chi connectivity index (χ0n) is 20.1. The fraction of sp³-hybridized carbons (Fsp3) is 0.346. The van der Waals surface area contributed by atoms with Crippen LogP contribution in [0.2, 0.25) is 0 Å². The number of fused-ring (bicyclic) bond motifs is 1. The van der Waals surface area contributed by atoms with E-state index in [4.69, 9.17) is 5.73 Å². The molecule has 1 aliphatic carbocycles. The monoisotopic (exact) mass is 484 g/mol. The number of pyridine rings is 1. The number of hydrogen-bond donors (Lipinski definition) is 2. The quantitative estimate of drug-likeness (QED) is 0.431. The van der Waals surface area contributed by atoms with Crippen molar-refractivity contribution in [1.29, 1.82) is 0 Å². The van der Waals surface area contributed by atoms with Gasteiger partial charge in [-0.05, 0) is 54.7 Å². The molecule has 0 spiro atoms. The van der Waals surface area contributed by atoms with Gasteiger partial charge in [0, 0.05) is 37.9 Å². The first-order valence-corrected chi connectivity index (χ1v) is 12.3. The van der Waals surface area contributed by atoms with Crippen LogP contribution in [0.3, 0.4) is 0 Å². The number of carbonyl (C=O) groups excluding carboxylic acids is 1. The van der Waals surface area contributed by atoms with Crippen molar-refractivity contribution >= 4 is 34.0 Å². The molecule has 1 aliphatic heterocycles. The Kier molecular flexibility index (Phi) is 5.43. The number of hydrogen-bond acceptors (Lipinski definition) is 7. The summed E-state index contributed by atoms with van der Waals surface area (Å²) in [5.74, 6) is 0.899. The van der Waals surface area contributed by atoms with Crippen molar-refractivity contribution in [3.05, 3.63) is 70.7 Å². The molecule has 3 aromatic heterocycles. The molecule has 0 unspecified atom stereocenters. The summed E-state index contributed by atoms with van der Waals surface area (Å²) in [4.78, 5) is 36.4. The van der Waals surface area contributed by atoms with E-state index in [1.807, 2.05) is 16.8 Å². The standard InChI is InChI=1S/C26H28N8O2/c1-32-14-19(12-29-32)30-25-23(24(27)35)28-13-22(31-25)33-9-2-3-20(15-33)34-10-8-18-11-17(16-4-5-16)6-7-21(18)26(34)36/h6-8,10-14,16,20H,2-5,9,15H2,1H3,(H2,27,35)(H,30,31)/t20-/m1/s1. The summed E-state index contributed by atoms with van der Waals surface area (Å²) < 4.78 is 3.50. The van der Waals surface area contributed by atoms with E-state index in [-0.39, 0.29) is 23.1 Å². The predicted octanol–water partition coefficient (Wildman–Crippen LogP) is 3.09. The van der Waals surface area contributed by atoms with Crippen LogP contribution in [0.1, 0.15) is 53.7 Å². The first-order valence-electron chi connectivity index (χ1n) is 12.3. The Morgan fingerprint density at radius 3 is 2.78 bits per heavy atom. The smallest absolute Gasteiger partial charge is 0.271 e. The van der Waals surface area contributed by atoms with Gasteiger partial charge in [-0.1, -0.05) is 12.1 Å². The van der Waals surface area contributed by atoms with Crippen molar-refractivity contribution in [3.63, 3.8) is 0 Å². The number of aryl methyl sites for hydroxylation is 1. The summed E-state index contributed by atoms with van der Waals surface area (Å²) >= 11 is 0. The third-order valence-electron chi connectivity index (χ3n) is 7.08. The molecule has 1 saturated carbocycles. The Hall–Kier alpha value is -4.21. The number of aromatic nitrogens is 5. The maximum absolute atomic E-state index is 13.4. The molecule has 0 bridgehead atoms. The van der Waals surface area contributed by atoms with Gasteiger partial charge >= 0.3 is 0 Å². The van der Waals surface area contributed by atoms with Crippen molar-refractivity contribution < 1.29 is 4.79 Å². The normalized spacial score (nSPS) is 17.9. The number of amides is 1. The lowest BCUT2D eigenvalue weighted by Crippen LogP contribution is -2.40. The highest BCUT2D eigenvalue weighted by atomic mass is 16.1. The molecule has 10 nitrogen and oxygen atoms in total. The predicted molar refractivity (Wildman–Crippen MR) is 138 cm³/mol. The maximum Gasteiger partial charge on any atom is 0.271 e. The number of rotatable bonds is 6. The summed E-state index contributed by atoms with van der Waals surface area (Å²) in [6.07, 6.45) is 11.2. The molecular formula is C26H28N8O2. The van der Waals surface area contributed by atoms with E-state index in [1.54, 1.807) is 30.3 Å². The average Bonchev–Trinajstić information content (AvgIpc) is 3.66. The van der Waals surface area contributed by atoms with Crippen LogP contribution in [0.5, 0.6) is 0 Å². The van der Waals surface area contributed by atoms with E-state index in [9.17, 15) is 9.59 Å². The highest BCUT2D eigenvalue weighted by Gasteiger charge is 2.26. The van der Waals surface area contributed by atoms with Crippen LogP contribution in [0, 0.1) is 0 Å². The topological polar surface area (TPSA) is 124 Å². The second kappa shape index (κ2) is 8.78. The van der Waals surface area contributed by atoms with Crippen LogP contribution < -0.4 is 21.5 Å². The molecule has 3 N–H and O–H groups in total. The molecule has 2 fully saturated rings. The second-order valence-corrected chi connectivity index (χ2v) is 9.71. The largest absolute Gasteiger partial charge is 0.364 e. The Balaban J connectivity index is 1.28. The van der Waals surface area contributed by atoms with Gasteiger partial charge in [-0.15, -0.1) is 0 Å². The molecule has 2 aliphatic rings. The van der Waals surface area contributed by atoms with Crippen LogP contribution in [-0.4, -0.2) is 43.3 Å². The summed E-state index contributed by atoms with van der Waals surface area (Å²) in [5, 5.41) is 9.00. The zero-order valence-corrected chi connectivity index (χ0v) is 20.1. The highest BCUT2D eigenvalue weighted by molar-refractivity contribution is 5.96. The molecule has 1 atom stereocenters. The lowest BCUT2D eigenvalue weighted by molar-refractivity contribution is 0.0996. The number of nitrogens with zero attached hydrogens (tertiary/aromatic N) is 6.